The lowest BCUT2D eigenvalue weighted by Crippen LogP contribution is -2.30. The highest BCUT2D eigenvalue weighted by Crippen LogP contribution is 2.04. The minimum Gasteiger partial charge on any atom is -0.456 e. The molecule has 1 rings (SSSR count). The largest absolute Gasteiger partial charge is 0.456 e. The molecule has 16 heavy (non-hydrogen) atoms. The SMILES string of the molecule is Cc1ccc(C(=O)COC(=O)C(C)N)cc1. The van der Waals surface area contributed by atoms with Gasteiger partial charge in [0.2, 0.25) is 0 Å². The number of hydrogen-bond acceptors (Lipinski definition) is 4. The van der Waals surface area contributed by atoms with E-state index in [9.17, 15) is 9.59 Å². The molecule has 0 spiro atoms. The van der Waals surface area contributed by atoms with Crippen LogP contribution in [0.3, 0.4) is 0 Å². The van der Waals surface area contributed by atoms with Crippen molar-refractivity contribution in [3.63, 3.8) is 0 Å². The Morgan fingerprint density at radius 1 is 1.31 bits per heavy atom. The molecule has 1 unspecified atom stereocenters. The first-order chi connectivity index (χ1) is 7.50. The van der Waals surface area contributed by atoms with Crippen LogP contribution in [0.15, 0.2) is 24.3 Å². The molecule has 0 bridgehead atoms. The normalized spacial score (nSPS) is 11.9. The third-order valence-electron chi connectivity index (χ3n) is 2.09. The van der Waals surface area contributed by atoms with Crippen LogP contribution in [0, 0.1) is 6.92 Å². The molecule has 0 aliphatic rings. The number of carbonyl (C=O) groups excluding carboxylic acids is 2. The minimum atomic E-state index is -0.703. The van der Waals surface area contributed by atoms with E-state index in [2.05, 4.69) is 0 Å². The second-order valence-electron chi connectivity index (χ2n) is 3.69. The lowest BCUT2D eigenvalue weighted by atomic mass is 10.1. The van der Waals surface area contributed by atoms with Crippen molar-refractivity contribution in [2.45, 2.75) is 19.9 Å². The fourth-order valence-corrected chi connectivity index (χ4v) is 1.09. The van der Waals surface area contributed by atoms with E-state index < -0.39 is 12.0 Å². The molecule has 86 valence electrons. The van der Waals surface area contributed by atoms with Crippen LogP contribution >= 0.6 is 0 Å². The number of Topliss-reactive ketones (excluding diaryl/α,β-unsaturated/α-hetero) is 1. The number of hydrogen-bond donors (Lipinski definition) is 1. The summed E-state index contributed by atoms with van der Waals surface area (Å²) in [5.41, 5.74) is 6.90. The Morgan fingerprint density at radius 3 is 2.38 bits per heavy atom. The fraction of sp³-hybridized carbons (Fsp3) is 0.333. The topological polar surface area (TPSA) is 69.4 Å². The molecule has 2 N–H and O–H groups in total. The van der Waals surface area contributed by atoms with Crippen molar-refractivity contribution < 1.29 is 14.3 Å². The molecule has 0 saturated heterocycles. The van der Waals surface area contributed by atoms with Gasteiger partial charge in [0.15, 0.2) is 12.4 Å². The smallest absolute Gasteiger partial charge is 0.323 e. The quantitative estimate of drug-likeness (QED) is 0.610. The summed E-state index contributed by atoms with van der Waals surface area (Å²) in [5.74, 6) is -0.797. The maximum atomic E-state index is 11.6. The second-order valence-corrected chi connectivity index (χ2v) is 3.69. The van der Waals surface area contributed by atoms with Gasteiger partial charge in [-0.2, -0.15) is 0 Å². The molecule has 0 heterocycles. The molecule has 4 nitrogen and oxygen atoms in total. The second kappa shape index (κ2) is 5.42. The van der Waals surface area contributed by atoms with Crippen molar-refractivity contribution in [1.82, 2.24) is 0 Å². The van der Waals surface area contributed by atoms with E-state index in [0.717, 1.165) is 5.56 Å². The maximum Gasteiger partial charge on any atom is 0.323 e. The summed E-state index contributed by atoms with van der Waals surface area (Å²) in [6.07, 6.45) is 0. The van der Waals surface area contributed by atoms with Crippen LogP contribution in [0.4, 0.5) is 0 Å². The van der Waals surface area contributed by atoms with Gasteiger partial charge in [-0.1, -0.05) is 29.8 Å². The zero-order valence-electron chi connectivity index (χ0n) is 9.40. The Bertz CT molecular complexity index is 382. The van der Waals surface area contributed by atoms with Crippen molar-refractivity contribution >= 4 is 11.8 Å². The van der Waals surface area contributed by atoms with Crippen LogP contribution in [0.25, 0.3) is 0 Å². The first kappa shape index (κ1) is 12.4. The van der Waals surface area contributed by atoms with E-state index in [4.69, 9.17) is 10.5 Å². The Hall–Kier alpha value is -1.68. The van der Waals surface area contributed by atoms with Crippen LogP contribution in [0.1, 0.15) is 22.8 Å². The average molecular weight is 221 g/mol. The Morgan fingerprint density at radius 2 is 1.88 bits per heavy atom. The molecule has 1 atom stereocenters. The van der Waals surface area contributed by atoms with Gasteiger partial charge < -0.3 is 10.5 Å². The fourth-order valence-electron chi connectivity index (χ4n) is 1.09. The summed E-state index contributed by atoms with van der Waals surface area (Å²) < 4.78 is 4.74. The van der Waals surface area contributed by atoms with E-state index >= 15 is 0 Å². The summed E-state index contributed by atoms with van der Waals surface area (Å²) in [6, 6.07) is 6.38. The van der Waals surface area contributed by atoms with E-state index in [-0.39, 0.29) is 12.4 Å². The molecule has 0 radical (unpaired) electrons. The van der Waals surface area contributed by atoms with E-state index in [1.807, 2.05) is 19.1 Å². The molecular weight excluding hydrogens is 206 g/mol. The van der Waals surface area contributed by atoms with Gasteiger partial charge >= 0.3 is 5.97 Å². The standard InChI is InChI=1S/C12H15NO3/c1-8-3-5-10(6-4-8)11(14)7-16-12(15)9(2)13/h3-6,9H,7,13H2,1-2H3. The molecular formula is C12H15NO3. The number of rotatable bonds is 4. The minimum absolute atomic E-state index is 0.228. The van der Waals surface area contributed by atoms with E-state index in [1.54, 1.807) is 12.1 Å². The Kier molecular flexibility index (Phi) is 4.19. The number of esters is 1. The number of ether oxygens (including phenoxy) is 1. The third kappa shape index (κ3) is 3.47. The van der Waals surface area contributed by atoms with Gasteiger partial charge in [-0.15, -0.1) is 0 Å². The first-order valence-electron chi connectivity index (χ1n) is 5.03. The maximum absolute atomic E-state index is 11.6. The monoisotopic (exact) mass is 221 g/mol. The van der Waals surface area contributed by atoms with Crippen LogP contribution in [-0.4, -0.2) is 24.4 Å². The molecule has 0 amide bonds. The molecule has 1 aromatic rings. The summed E-state index contributed by atoms with van der Waals surface area (Å²) >= 11 is 0. The summed E-state index contributed by atoms with van der Waals surface area (Å²) in [4.78, 5) is 22.6. The highest BCUT2D eigenvalue weighted by atomic mass is 16.5. The number of nitrogens with two attached hydrogens (primary N) is 1. The van der Waals surface area contributed by atoms with Crippen molar-refractivity contribution in [1.29, 1.82) is 0 Å². The summed E-state index contributed by atoms with van der Waals surface area (Å²) in [6.45, 7) is 3.19. The Balaban J connectivity index is 2.53. The van der Waals surface area contributed by atoms with Crippen LogP contribution in [0.2, 0.25) is 0 Å². The summed E-state index contributed by atoms with van der Waals surface area (Å²) in [7, 11) is 0. The number of aryl methyl sites for hydroxylation is 1. The molecule has 0 saturated carbocycles. The third-order valence-corrected chi connectivity index (χ3v) is 2.09. The first-order valence-corrected chi connectivity index (χ1v) is 5.03. The molecule has 4 heteroatoms. The zero-order valence-corrected chi connectivity index (χ0v) is 9.40. The molecule has 0 aliphatic carbocycles. The lowest BCUT2D eigenvalue weighted by Gasteiger charge is -2.06. The van der Waals surface area contributed by atoms with Crippen molar-refractivity contribution in [2.75, 3.05) is 6.61 Å². The number of carbonyl (C=O) groups is 2. The Labute approximate surface area is 94.4 Å². The van der Waals surface area contributed by atoms with Gasteiger partial charge in [-0.05, 0) is 13.8 Å². The van der Waals surface area contributed by atoms with Crippen molar-refractivity contribution in [3.05, 3.63) is 35.4 Å². The number of benzene rings is 1. The predicted octanol–water partition coefficient (Wildman–Crippen LogP) is 1.07. The van der Waals surface area contributed by atoms with E-state index in [1.165, 1.54) is 6.92 Å². The van der Waals surface area contributed by atoms with Crippen molar-refractivity contribution in [2.24, 2.45) is 5.73 Å². The highest BCUT2D eigenvalue weighted by Gasteiger charge is 2.12. The van der Waals surface area contributed by atoms with Gasteiger partial charge in [0.25, 0.3) is 0 Å². The number of ketones is 1. The van der Waals surface area contributed by atoms with Gasteiger partial charge in [0.1, 0.15) is 6.04 Å². The molecule has 0 fully saturated rings. The van der Waals surface area contributed by atoms with E-state index in [0.29, 0.717) is 5.56 Å². The van der Waals surface area contributed by atoms with Gasteiger partial charge in [-0.25, -0.2) is 0 Å². The average Bonchev–Trinajstić information content (AvgIpc) is 2.26. The van der Waals surface area contributed by atoms with Crippen LogP contribution < -0.4 is 5.73 Å². The van der Waals surface area contributed by atoms with Crippen molar-refractivity contribution in [3.8, 4) is 0 Å². The molecule has 0 aliphatic heterocycles. The van der Waals surface area contributed by atoms with Gasteiger partial charge in [0.05, 0.1) is 0 Å². The molecule has 1 aromatic carbocycles. The predicted molar refractivity (Wildman–Crippen MR) is 60.1 cm³/mol. The van der Waals surface area contributed by atoms with Crippen LogP contribution in [0.5, 0.6) is 0 Å². The highest BCUT2D eigenvalue weighted by molar-refractivity contribution is 5.98. The van der Waals surface area contributed by atoms with Gasteiger partial charge in [0, 0.05) is 5.56 Å². The van der Waals surface area contributed by atoms with Gasteiger partial charge in [-0.3, -0.25) is 9.59 Å². The molecule has 0 aromatic heterocycles. The summed E-state index contributed by atoms with van der Waals surface area (Å²) in [5, 5.41) is 0. The zero-order chi connectivity index (χ0) is 12.1. The van der Waals surface area contributed by atoms with Crippen LogP contribution in [-0.2, 0) is 9.53 Å². The lowest BCUT2D eigenvalue weighted by molar-refractivity contribution is -0.143.